The van der Waals surface area contributed by atoms with Crippen molar-refractivity contribution in [3.8, 4) is 11.4 Å². The predicted molar refractivity (Wildman–Crippen MR) is 94.9 cm³/mol. The number of amides is 1. The number of hydrogen-bond acceptors (Lipinski definition) is 5. The molecule has 128 valence electrons. The highest BCUT2D eigenvalue weighted by molar-refractivity contribution is 6.30. The maximum Gasteiger partial charge on any atom is 0.275 e. The summed E-state index contributed by atoms with van der Waals surface area (Å²) in [4.78, 5) is 12.3. The number of nitrogens with zero attached hydrogens (tertiary/aromatic N) is 3. The molecule has 1 amide bonds. The molecule has 0 aliphatic heterocycles. The standard InChI is InChI=1S/C17H16ClN5O2/c1-25-14-8-2-11(3-9-14)10-20-17(24)15-16(19)23(22-21-15)13-6-4-12(18)5-7-13/h2-9H,10,19H2,1H3,(H,20,24). The quantitative estimate of drug-likeness (QED) is 0.731. The maximum absolute atomic E-state index is 12.3. The lowest BCUT2D eigenvalue weighted by Crippen LogP contribution is -2.24. The summed E-state index contributed by atoms with van der Waals surface area (Å²) in [6, 6.07) is 14.3. The average molecular weight is 358 g/mol. The van der Waals surface area contributed by atoms with Gasteiger partial charge in [0.2, 0.25) is 0 Å². The van der Waals surface area contributed by atoms with Crippen molar-refractivity contribution in [1.29, 1.82) is 0 Å². The van der Waals surface area contributed by atoms with Gasteiger partial charge in [0.15, 0.2) is 11.5 Å². The van der Waals surface area contributed by atoms with Gasteiger partial charge in [0.05, 0.1) is 12.8 Å². The van der Waals surface area contributed by atoms with Crippen molar-refractivity contribution < 1.29 is 9.53 Å². The summed E-state index contributed by atoms with van der Waals surface area (Å²) in [5.74, 6) is 0.522. The first-order chi connectivity index (χ1) is 12.1. The SMILES string of the molecule is COc1ccc(CNC(=O)c2nnn(-c3ccc(Cl)cc3)c2N)cc1. The number of carbonyl (C=O) groups is 1. The number of benzene rings is 2. The Hall–Kier alpha value is -3.06. The molecule has 2 aromatic carbocycles. The highest BCUT2D eigenvalue weighted by Crippen LogP contribution is 2.17. The third kappa shape index (κ3) is 3.72. The fourth-order valence-corrected chi connectivity index (χ4v) is 2.36. The molecule has 3 rings (SSSR count). The van der Waals surface area contributed by atoms with Gasteiger partial charge in [0.25, 0.3) is 5.91 Å². The smallest absolute Gasteiger partial charge is 0.275 e. The predicted octanol–water partition coefficient (Wildman–Crippen LogP) is 2.44. The molecule has 3 N–H and O–H groups in total. The van der Waals surface area contributed by atoms with Crippen LogP contribution in [0.25, 0.3) is 5.69 Å². The Morgan fingerprint density at radius 2 is 1.88 bits per heavy atom. The van der Waals surface area contributed by atoms with Crippen LogP contribution in [-0.2, 0) is 6.54 Å². The number of anilines is 1. The number of nitrogens with one attached hydrogen (secondary N) is 1. The number of hydrogen-bond donors (Lipinski definition) is 2. The number of nitrogens with two attached hydrogens (primary N) is 1. The van der Waals surface area contributed by atoms with Gasteiger partial charge in [0, 0.05) is 11.6 Å². The second-order valence-electron chi connectivity index (χ2n) is 5.24. The zero-order chi connectivity index (χ0) is 17.8. The second-order valence-corrected chi connectivity index (χ2v) is 5.68. The average Bonchev–Trinajstić information content (AvgIpc) is 3.02. The van der Waals surface area contributed by atoms with Crippen LogP contribution in [0.1, 0.15) is 16.1 Å². The third-order valence-corrected chi connectivity index (χ3v) is 3.86. The van der Waals surface area contributed by atoms with E-state index in [9.17, 15) is 4.79 Å². The topological polar surface area (TPSA) is 95.1 Å². The Labute approximate surface area is 149 Å². The lowest BCUT2D eigenvalue weighted by Gasteiger charge is -2.06. The largest absolute Gasteiger partial charge is 0.497 e. The minimum atomic E-state index is -0.395. The fraction of sp³-hybridized carbons (Fsp3) is 0.118. The molecule has 1 aromatic heterocycles. The monoisotopic (exact) mass is 357 g/mol. The summed E-state index contributed by atoms with van der Waals surface area (Å²) in [6.07, 6.45) is 0. The Morgan fingerprint density at radius 1 is 1.20 bits per heavy atom. The van der Waals surface area contributed by atoms with Gasteiger partial charge >= 0.3 is 0 Å². The first-order valence-electron chi connectivity index (χ1n) is 7.46. The van der Waals surface area contributed by atoms with Crippen LogP contribution in [0.2, 0.25) is 5.02 Å². The van der Waals surface area contributed by atoms with Gasteiger partial charge in [-0.2, -0.15) is 4.68 Å². The first kappa shape index (κ1) is 16.8. The van der Waals surface area contributed by atoms with Gasteiger partial charge in [-0.05, 0) is 42.0 Å². The van der Waals surface area contributed by atoms with Crippen molar-refractivity contribution in [3.63, 3.8) is 0 Å². The van der Waals surface area contributed by atoms with Crippen molar-refractivity contribution in [2.24, 2.45) is 0 Å². The van der Waals surface area contributed by atoms with E-state index in [1.807, 2.05) is 24.3 Å². The molecule has 8 heteroatoms. The zero-order valence-electron chi connectivity index (χ0n) is 13.4. The highest BCUT2D eigenvalue weighted by atomic mass is 35.5. The molecule has 0 saturated carbocycles. The second kappa shape index (κ2) is 7.23. The van der Waals surface area contributed by atoms with Crippen LogP contribution >= 0.6 is 11.6 Å². The van der Waals surface area contributed by atoms with Crippen LogP contribution < -0.4 is 15.8 Å². The van der Waals surface area contributed by atoms with Crippen LogP contribution in [0.15, 0.2) is 48.5 Å². The molecule has 7 nitrogen and oxygen atoms in total. The summed E-state index contributed by atoms with van der Waals surface area (Å²) in [5.41, 5.74) is 7.68. The molecule has 0 saturated heterocycles. The van der Waals surface area contributed by atoms with Crippen LogP contribution in [0.4, 0.5) is 5.82 Å². The lowest BCUT2D eigenvalue weighted by atomic mass is 10.2. The zero-order valence-corrected chi connectivity index (χ0v) is 14.2. The van der Waals surface area contributed by atoms with Crippen molar-refractivity contribution in [2.75, 3.05) is 12.8 Å². The van der Waals surface area contributed by atoms with E-state index >= 15 is 0 Å². The number of methoxy groups -OCH3 is 1. The normalized spacial score (nSPS) is 10.5. The number of rotatable bonds is 5. The first-order valence-corrected chi connectivity index (χ1v) is 7.84. The van der Waals surface area contributed by atoms with E-state index in [1.54, 1.807) is 31.4 Å². The molecule has 0 aliphatic carbocycles. The Balaban J connectivity index is 1.71. The van der Waals surface area contributed by atoms with E-state index < -0.39 is 5.91 Å². The molecule has 1 heterocycles. The molecular weight excluding hydrogens is 342 g/mol. The molecule has 25 heavy (non-hydrogen) atoms. The molecule has 0 aliphatic rings. The molecular formula is C17H16ClN5O2. The molecule has 0 atom stereocenters. The van der Waals surface area contributed by atoms with E-state index in [0.29, 0.717) is 17.3 Å². The van der Waals surface area contributed by atoms with Crippen molar-refractivity contribution in [2.45, 2.75) is 6.54 Å². The lowest BCUT2D eigenvalue weighted by molar-refractivity contribution is 0.0947. The van der Waals surface area contributed by atoms with Crippen molar-refractivity contribution in [1.82, 2.24) is 20.3 Å². The van der Waals surface area contributed by atoms with Gasteiger partial charge < -0.3 is 15.8 Å². The number of ether oxygens (including phenoxy) is 1. The van der Waals surface area contributed by atoms with Gasteiger partial charge in [-0.15, -0.1) is 5.10 Å². The molecule has 0 unspecified atom stereocenters. The molecule has 0 radical (unpaired) electrons. The van der Waals surface area contributed by atoms with Gasteiger partial charge in [0.1, 0.15) is 5.75 Å². The molecule has 0 spiro atoms. The molecule has 0 fully saturated rings. The van der Waals surface area contributed by atoms with Crippen LogP contribution in [0.3, 0.4) is 0 Å². The number of carbonyl (C=O) groups excluding carboxylic acids is 1. The molecule has 3 aromatic rings. The van der Waals surface area contributed by atoms with Gasteiger partial charge in [-0.25, -0.2) is 0 Å². The summed E-state index contributed by atoms with van der Waals surface area (Å²) in [5, 5.41) is 11.2. The maximum atomic E-state index is 12.3. The Bertz CT molecular complexity index is 875. The number of aromatic nitrogens is 3. The number of nitrogen functional groups attached to an aromatic ring is 1. The van der Waals surface area contributed by atoms with Crippen LogP contribution in [-0.4, -0.2) is 28.0 Å². The van der Waals surface area contributed by atoms with Crippen molar-refractivity contribution >= 4 is 23.3 Å². The third-order valence-electron chi connectivity index (χ3n) is 3.60. The van der Waals surface area contributed by atoms with Crippen LogP contribution in [0.5, 0.6) is 5.75 Å². The highest BCUT2D eigenvalue weighted by Gasteiger charge is 2.18. The van der Waals surface area contributed by atoms with E-state index in [0.717, 1.165) is 11.3 Å². The fourth-order valence-electron chi connectivity index (χ4n) is 2.23. The minimum absolute atomic E-state index is 0.0726. The molecule has 0 bridgehead atoms. The van der Waals surface area contributed by atoms with E-state index in [4.69, 9.17) is 22.1 Å². The summed E-state index contributed by atoms with van der Waals surface area (Å²) >= 11 is 5.86. The van der Waals surface area contributed by atoms with Crippen LogP contribution in [0, 0.1) is 0 Å². The minimum Gasteiger partial charge on any atom is -0.497 e. The van der Waals surface area contributed by atoms with E-state index in [-0.39, 0.29) is 11.5 Å². The Kier molecular flexibility index (Phi) is 4.85. The summed E-state index contributed by atoms with van der Waals surface area (Å²) in [7, 11) is 1.60. The Morgan fingerprint density at radius 3 is 2.52 bits per heavy atom. The number of halogens is 1. The van der Waals surface area contributed by atoms with E-state index in [2.05, 4.69) is 15.6 Å². The van der Waals surface area contributed by atoms with E-state index in [1.165, 1.54) is 4.68 Å². The summed E-state index contributed by atoms with van der Waals surface area (Å²) in [6.45, 7) is 0.343. The van der Waals surface area contributed by atoms with Gasteiger partial charge in [-0.1, -0.05) is 28.9 Å². The van der Waals surface area contributed by atoms with Gasteiger partial charge in [-0.3, -0.25) is 4.79 Å². The van der Waals surface area contributed by atoms with Crippen molar-refractivity contribution in [3.05, 3.63) is 64.8 Å². The summed E-state index contributed by atoms with van der Waals surface area (Å²) < 4.78 is 6.49.